The minimum Gasteiger partial charge on any atom is 0 e. The molecule has 0 radical (unpaired) electrons. The molecular weight excluding hydrogens is 276 g/mol. The number of terminal acetylenes is 1. The molecule has 19 heavy (non-hydrogen) atoms. The van der Waals surface area contributed by atoms with E-state index in [0.717, 1.165) is 0 Å². The van der Waals surface area contributed by atoms with Gasteiger partial charge in [-0.15, -0.1) is 12.8 Å². The quantitative estimate of drug-likeness (QED) is 0.398. The summed E-state index contributed by atoms with van der Waals surface area (Å²) in [5.41, 5.74) is 8.73. The second-order valence-corrected chi connectivity index (χ2v) is 3.75. The predicted octanol–water partition coefficient (Wildman–Crippen LogP) is 3.71. The van der Waals surface area contributed by atoms with Gasteiger partial charge in [-0.1, -0.05) is 0 Å². The Bertz CT molecular complexity index is 321. The number of benzene rings is 1. The molecule has 102 valence electrons. The first-order valence-electron chi connectivity index (χ1n) is 5.24. The Balaban J connectivity index is -0.000000142. The van der Waals surface area contributed by atoms with E-state index in [1.807, 2.05) is 0 Å². The fourth-order valence-corrected chi connectivity index (χ4v) is 1.69. The van der Waals surface area contributed by atoms with Crippen molar-refractivity contribution in [2.24, 2.45) is 0 Å². The van der Waals surface area contributed by atoms with E-state index in [9.17, 15) is 0 Å². The average molecular weight is 296 g/mol. The molecule has 0 saturated carbocycles. The van der Waals surface area contributed by atoms with Crippen molar-refractivity contribution >= 4 is 0 Å². The summed E-state index contributed by atoms with van der Waals surface area (Å²) in [6.45, 7) is 22.3. The van der Waals surface area contributed by atoms with E-state index in [2.05, 4.69) is 67.7 Å². The second-order valence-electron chi connectivity index (χ2n) is 3.75. The largest absolute Gasteiger partial charge is 0 e. The van der Waals surface area contributed by atoms with E-state index in [4.69, 9.17) is 9.30 Å². The molecule has 0 saturated heterocycles. The van der Waals surface area contributed by atoms with Gasteiger partial charge in [-0.3, -0.25) is 0 Å². The molecule has 0 unspecified atom stereocenters. The molecule has 0 aliphatic heterocycles. The molecule has 0 fully saturated rings. The molecule has 0 bridgehead atoms. The Kier molecular flexibility index (Phi) is 20.6. The normalized spacial score (nSPS) is 6.95. The molecule has 0 aliphatic carbocycles. The van der Waals surface area contributed by atoms with Crippen LogP contribution in [0.3, 0.4) is 0 Å². The van der Waals surface area contributed by atoms with Gasteiger partial charge in [0.25, 0.3) is 0 Å². The van der Waals surface area contributed by atoms with Crippen LogP contribution in [-0.2, 0) is 26.7 Å². The molecule has 1 aromatic rings. The standard InChI is InChI=1S/C12H18.C2H2.2CO.Cr/c1-7-8(2)10(4)12(6)11(5)9(7)3;3*1-2;/h1-6H3;1-2H;;;. The topological polar surface area (TPSA) is 39.8 Å². The van der Waals surface area contributed by atoms with Crippen molar-refractivity contribution in [3.8, 4) is 12.8 Å². The monoisotopic (exact) mass is 296 g/mol. The van der Waals surface area contributed by atoms with Gasteiger partial charge >= 0.3 is 22.6 Å². The van der Waals surface area contributed by atoms with Gasteiger partial charge < -0.3 is 0 Å². The molecule has 2 nitrogen and oxygen atoms in total. The van der Waals surface area contributed by atoms with Gasteiger partial charge in [0, 0.05) is 17.4 Å². The summed E-state index contributed by atoms with van der Waals surface area (Å²) in [6.07, 6.45) is 8.00. The number of hydrogen-bond donors (Lipinski definition) is 0. The van der Waals surface area contributed by atoms with Crippen LogP contribution in [0.1, 0.15) is 33.4 Å². The molecule has 1 rings (SSSR count). The Morgan fingerprint density at radius 1 is 0.526 bits per heavy atom. The molecule has 0 aliphatic rings. The molecule has 0 atom stereocenters. The van der Waals surface area contributed by atoms with Crippen LogP contribution in [-0.4, -0.2) is 0 Å². The van der Waals surface area contributed by atoms with E-state index in [0.29, 0.717) is 0 Å². The number of hydrogen-bond acceptors (Lipinski definition) is 0. The van der Waals surface area contributed by atoms with Crippen LogP contribution in [0.15, 0.2) is 0 Å². The van der Waals surface area contributed by atoms with Crippen LogP contribution < -0.4 is 0 Å². The molecule has 1 aromatic carbocycles. The maximum atomic E-state index is 7.50. The van der Waals surface area contributed by atoms with Crippen LogP contribution in [0.25, 0.3) is 0 Å². The minimum absolute atomic E-state index is 0. The molecule has 0 heterocycles. The van der Waals surface area contributed by atoms with Crippen LogP contribution in [0.2, 0.25) is 0 Å². The molecule has 0 amide bonds. The first-order valence-corrected chi connectivity index (χ1v) is 5.24. The van der Waals surface area contributed by atoms with Crippen molar-refractivity contribution in [3.05, 3.63) is 46.7 Å². The van der Waals surface area contributed by atoms with E-state index >= 15 is 0 Å². The van der Waals surface area contributed by atoms with Gasteiger partial charge in [0.1, 0.15) is 0 Å². The van der Waals surface area contributed by atoms with Crippen molar-refractivity contribution in [1.29, 1.82) is 0 Å². The molecular formula is C16H20CrO2. The summed E-state index contributed by atoms with van der Waals surface area (Å²) in [7, 11) is 0. The fraction of sp³-hybridized carbons (Fsp3) is 0.375. The Morgan fingerprint density at radius 2 is 0.579 bits per heavy atom. The van der Waals surface area contributed by atoms with Crippen LogP contribution >= 0.6 is 0 Å². The van der Waals surface area contributed by atoms with Crippen LogP contribution in [0.4, 0.5) is 0 Å². The molecule has 3 heteroatoms. The van der Waals surface area contributed by atoms with E-state index in [1.165, 1.54) is 33.4 Å². The second kappa shape index (κ2) is 14.9. The predicted molar refractivity (Wildman–Crippen MR) is 72.6 cm³/mol. The third-order valence-electron chi connectivity index (χ3n) is 3.38. The number of rotatable bonds is 0. The summed E-state index contributed by atoms with van der Waals surface area (Å²) in [5, 5.41) is 0. The Hall–Kier alpha value is -1.21. The molecule has 0 aromatic heterocycles. The van der Waals surface area contributed by atoms with E-state index in [-0.39, 0.29) is 17.4 Å². The van der Waals surface area contributed by atoms with E-state index in [1.54, 1.807) is 0 Å². The molecule has 0 spiro atoms. The third kappa shape index (κ3) is 7.07. The Morgan fingerprint density at radius 3 is 0.632 bits per heavy atom. The zero-order valence-electron chi connectivity index (χ0n) is 12.4. The summed E-state index contributed by atoms with van der Waals surface area (Å²) in [4.78, 5) is 0. The summed E-state index contributed by atoms with van der Waals surface area (Å²) < 4.78 is 15.0. The van der Waals surface area contributed by atoms with Crippen molar-refractivity contribution in [2.45, 2.75) is 41.5 Å². The zero-order chi connectivity index (χ0) is 15.5. The minimum atomic E-state index is 0. The molecule has 0 N–H and O–H groups in total. The van der Waals surface area contributed by atoms with Crippen molar-refractivity contribution in [1.82, 2.24) is 0 Å². The van der Waals surface area contributed by atoms with E-state index < -0.39 is 0 Å². The smallest absolute Gasteiger partial charge is 0 e. The summed E-state index contributed by atoms with van der Waals surface area (Å²) >= 11 is 0. The fourth-order valence-electron chi connectivity index (χ4n) is 1.69. The average Bonchev–Trinajstić information content (AvgIpc) is 2.47. The van der Waals surface area contributed by atoms with Gasteiger partial charge in [-0.25, -0.2) is 0 Å². The first-order chi connectivity index (χ1) is 8.46. The zero-order valence-corrected chi connectivity index (χ0v) is 13.7. The first kappa shape index (κ1) is 26.4. The Labute approximate surface area is 128 Å². The SMILES string of the molecule is C#C.Cc1c(C)c(C)c(C)c(C)c1C.[C-]#[O+].[C-]#[O+].[Cr]. The van der Waals surface area contributed by atoms with Gasteiger partial charge in [0.05, 0.1) is 0 Å². The maximum absolute atomic E-state index is 7.50. The summed E-state index contributed by atoms with van der Waals surface area (Å²) in [5.74, 6) is 0. The van der Waals surface area contributed by atoms with Crippen molar-refractivity contribution in [2.75, 3.05) is 0 Å². The van der Waals surface area contributed by atoms with Gasteiger partial charge in [-0.2, -0.15) is 0 Å². The summed E-state index contributed by atoms with van der Waals surface area (Å²) in [6, 6.07) is 0. The van der Waals surface area contributed by atoms with Crippen molar-refractivity contribution < 1.29 is 26.7 Å². The van der Waals surface area contributed by atoms with Gasteiger partial charge in [0.15, 0.2) is 0 Å². The maximum Gasteiger partial charge on any atom is 0 e. The van der Waals surface area contributed by atoms with Crippen LogP contribution in [0, 0.1) is 67.7 Å². The van der Waals surface area contributed by atoms with Gasteiger partial charge in [-0.05, 0) is 74.9 Å². The third-order valence-corrected chi connectivity index (χ3v) is 3.38. The van der Waals surface area contributed by atoms with Gasteiger partial charge in [0.2, 0.25) is 0 Å². The van der Waals surface area contributed by atoms with Crippen molar-refractivity contribution in [3.63, 3.8) is 0 Å². The van der Waals surface area contributed by atoms with Crippen LogP contribution in [0.5, 0.6) is 0 Å².